The van der Waals surface area contributed by atoms with Gasteiger partial charge in [0.15, 0.2) is 0 Å². The molecule has 0 saturated carbocycles. The SMILES string of the molecule is Cc1ccccc1C(=O)NNC(=O)C1CCN(S(=O)(=O)c2cccs2)CC1. The lowest BCUT2D eigenvalue weighted by Gasteiger charge is -2.30. The van der Waals surface area contributed by atoms with Crippen LogP contribution in [-0.4, -0.2) is 37.6 Å². The van der Waals surface area contributed by atoms with Crippen molar-refractivity contribution in [3.63, 3.8) is 0 Å². The van der Waals surface area contributed by atoms with Crippen molar-refractivity contribution in [3.8, 4) is 0 Å². The van der Waals surface area contributed by atoms with Gasteiger partial charge in [-0.15, -0.1) is 11.3 Å². The Balaban J connectivity index is 1.52. The molecule has 7 nitrogen and oxygen atoms in total. The molecule has 0 atom stereocenters. The van der Waals surface area contributed by atoms with Crippen LogP contribution in [0.3, 0.4) is 0 Å². The Kier molecular flexibility index (Phi) is 5.93. The largest absolute Gasteiger partial charge is 0.273 e. The standard InChI is InChI=1S/C18H21N3O4S2/c1-13-5-2-3-6-15(13)18(23)20-19-17(22)14-8-10-21(11-9-14)27(24,25)16-7-4-12-26-16/h2-7,12,14H,8-11H2,1H3,(H,19,22)(H,20,23). The molecule has 1 aromatic heterocycles. The monoisotopic (exact) mass is 407 g/mol. The third kappa shape index (κ3) is 4.37. The van der Waals surface area contributed by atoms with Crippen LogP contribution in [0.4, 0.5) is 0 Å². The molecule has 0 unspecified atom stereocenters. The van der Waals surface area contributed by atoms with Crippen LogP contribution >= 0.6 is 11.3 Å². The zero-order chi connectivity index (χ0) is 19.4. The minimum Gasteiger partial charge on any atom is -0.273 e. The van der Waals surface area contributed by atoms with Crippen LogP contribution in [0.5, 0.6) is 0 Å². The number of hydrogen-bond acceptors (Lipinski definition) is 5. The summed E-state index contributed by atoms with van der Waals surface area (Å²) in [6.45, 7) is 2.38. The molecule has 9 heteroatoms. The zero-order valence-electron chi connectivity index (χ0n) is 14.8. The number of amides is 2. The van der Waals surface area contributed by atoms with Gasteiger partial charge < -0.3 is 0 Å². The van der Waals surface area contributed by atoms with E-state index in [4.69, 9.17) is 0 Å². The van der Waals surface area contributed by atoms with E-state index in [1.165, 1.54) is 15.6 Å². The highest BCUT2D eigenvalue weighted by Gasteiger charge is 2.32. The predicted octanol–water partition coefficient (Wildman–Crippen LogP) is 1.92. The molecular weight excluding hydrogens is 386 g/mol. The third-order valence-corrected chi connectivity index (χ3v) is 7.87. The number of carbonyl (C=O) groups excluding carboxylic acids is 2. The molecule has 0 aliphatic carbocycles. The maximum atomic E-state index is 12.5. The molecule has 1 aliphatic rings. The molecule has 1 aliphatic heterocycles. The second-order valence-corrected chi connectivity index (χ2v) is 9.48. The summed E-state index contributed by atoms with van der Waals surface area (Å²) in [6.07, 6.45) is 0.827. The molecule has 27 heavy (non-hydrogen) atoms. The van der Waals surface area contributed by atoms with Crippen molar-refractivity contribution in [2.75, 3.05) is 13.1 Å². The van der Waals surface area contributed by atoms with Crippen LogP contribution < -0.4 is 10.9 Å². The normalized spacial score (nSPS) is 16.0. The smallest absolute Gasteiger partial charge is 0.269 e. The van der Waals surface area contributed by atoms with Gasteiger partial charge in [-0.05, 0) is 42.8 Å². The summed E-state index contributed by atoms with van der Waals surface area (Å²) in [5.41, 5.74) is 6.20. The van der Waals surface area contributed by atoms with Gasteiger partial charge in [0.1, 0.15) is 4.21 Å². The molecule has 2 amide bonds. The second kappa shape index (κ2) is 8.20. The molecule has 0 spiro atoms. The first kappa shape index (κ1) is 19.5. The number of piperidine rings is 1. The van der Waals surface area contributed by atoms with Crippen LogP contribution in [0.2, 0.25) is 0 Å². The number of nitrogens with one attached hydrogen (secondary N) is 2. The van der Waals surface area contributed by atoms with Gasteiger partial charge in [0.2, 0.25) is 5.91 Å². The van der Waals surface area contributed by atoms with E-state index in [-0.39, 0.29) is 30.8 Å². The summed E-state index contributed by atoms with van der Waals surface area (Å²) >= 11 is 1.18. The van der Waals surface area contributed by atoms with Crippen molar-refractivity contribution in [1.29, 1.82) is 0 Å². The van der Waals surface area contributed by atoms with E-state index in [2.05, 4.69) is 10.9 Å². The van der Waals surface area contributed by atoms with E-state index >= 15 is 0 Å². The van der Waals surface area contributed by atoms with Gasteiger partial charge in [0.05, 0.1) is 0 Å². The number of hydrazine groups is 1. The molecule has 144 valence electrons. The quantitative estimate of drug-likeness (QED) is 0.757. The predicted molar refractivity (Wildman–Crippen MR) is 103 cm³/mol. The highest BCUT2D eigenvalue weighted by Crippen LogP contribution is 2.26. The van der Waals surface area contributed by atoms with Crippen LogP contribution in [-0.2, 0) is 14.8 Å². The van der Waals surface area contributed by atoms with E-state index in [9.17, 15) is 18.0 Å². The van der Waals surface area contributed by atoms with E-state index < -0.39 is 10.0 Å². The Morgan fingerprint density at radius 1 is 1.07 bits per heavy atom. The number of rotatable bonds is 4. The summed E-state index contributed by atoms with van der Waals surface area (Å²) < 4.78 is 26.7. The zero-order valence-corrected chi connectivity index (χ0v) is 16.5. The number of benzene rings is 1. The molecule has 2 N–H and O–H groups in total. The average molecular weight is 408 g/mol. The van der Waals surface area contributed by atoms with Crippen molar-refractivity contribution >= 4 is 33.2 Å². The molecule has 3 rings (SSSR count). The molecule has 0 radical (unpaired) electrons. The molecule has 2 aromatic rings. The number of carbonyl (C=O) groups is 2. The molecule has 2 heterocycles. The van der Waals surface area contributed by atoms with Gasteiger partial charge in [0, 0.05) is 24.6 Å². The van der Waals surface area contributed by atoms with Gasteiger partial charge in [-0.1, -0.05) is 24.3 Å². The summed E-state index contributed by atoms with van der Waals surface area (Å²) in [4.78, 5) is 24.5. The van der Waals surface area contributed by atoms with Crippen molar-refractivity contribution < 1.29 is 18.0 Å². The first-order valence-corrected chi connectivity index (χ1v) is 10.9. The number of aryl methyl sites for hydroxylation is 1. The van der Waals surface area contributed by atoms with Crippen LogP contribution in [0.25, 0.3) is 0 Å². The molecule has 0 bridgehead atoms. The first-order chi connectivity index (χ1) is 12.9. The number of hydrogen-bond donors (Lipinski definition) is 2. The van der Waals surface area contributed by atoms with Gasteiger partial charge >= 0.3 is 0 Å². The van der Waals surface area contributed by atoms with Crippen molar-refractivity contribution in [3.05, 3.63) is 52.9 Å². The van der Waals surface area contributed by atoms with E-state index in [1.54, 1.807) is 29.6 Å². The third-order valence-electron chi connectivity index (χ3n) is 4.60. The molecule has 1 saturated heterocycles. The molecule has 1 aromatic carbocycles. The summed E-state index contributed by atoms with van der Waals surface area (Å²) in [7, 11) is -3.48. The fourth-order valence-corrected chi connectivity index (χ4v) is 5.63. The number of sulfonamides is 1. The maximum absolute atomic E-state index is 12.5. The van der Waals surface area contributed by atoms with Gasteiger partial charge in [-0.2, -0.15) is 4.31 Å². The Hall–Kier alpha value is -2.23. The van der Waals surface area contributed by atoms with E-state index in [0.29, 0.717) is 22.6 Å². The summed E-state index contributed by atoms with van der Waals surface area (Å²) in [5.74, 6) is -1.01. The maximum Gasteiger partial charge on any atom is 0.269 e. The average Bonchev–Trinajstić information content (AvgIpc) is 3.22. The van der Waals surface area contributed by atoms with Crippen LogP contribution in [0.1, 0.15) is 28.8 Å². The fourth-order valence-electron chi connectivity index (χ4n) is 3.01. The van der Waals surface area contributed by atoms with Gasteiger partial charge in [0.25, 0.3) is 15.9 Å². The van der Waals surface area contributed by atoms with Gasteiger partial charge in [-0.3, -0.25) is 20.4 Å². The summed E-state index contributed by atoms with van der Waals surface area (Å²) in [5, 5.41) is 1.73. The fraction of sp³-hybridized carbons (Fsp3) is 0.333. The summed E-state index contributed by atoms with van der Waals surface area (Å²) in [6, 6.07) is 10.4. The van der Waals surface area contributed by atoms with Crippen molar-refractivity contribution in [2.24, 2.45) is 5.92 Å². The molecular formula is C18H21N3O4S2. The lowest BCUT2D eigenvalue weighted by Crippen LogP contribution is -2.48. The lowest BCUT2D eigenvalue weighted by atomic mass is 9.97. The van der Waals surface area contributed by atoms with E-state index in [0.717, 1.165) is 5.56 Å². The van der Waals surface area contributed by atoms with Crippen molar-refractivity contribution in [1.82, 2.24) is 15.2 Å². The Morgan fingerprint density at radius 3 is 2.41 bits per heavy atom. The lowest BCUT2D eigenvalue weighted by molar-refractivity contribution is -0.126. The Bertz CT molecular complexity index is 918. The second-order valence-electron chi connectivity index (χ2n) is 6.37. The highest BCUT2D eigenvalue weighted by molar-refractivity contribution is 7.91. The van der Waals surface area contributed by atoms with Gasteiger partial charge in [-0.25, -0.2) is 8.42 Å². The molecule has 1 fully saturated rings. The minimum atomic E-state index is -3.48. The minimum absolute atomic E-state index is 0.282. The Morgan fingerprint density at radius 2 is 1.78 bits per heavy atom. The highest BCUT2D eigenvalue weighted by atomic mass is 32.2. The van der Waals surface area contributed by atoms with E-state index in [1.807, 2.05) is 19.1 Å². The first-order valence-electron chi connectivity index (χ1n) is 8.59. The topological polar surface area (TPSA) is 95.6 Å². The number of thiophene rings is 1. The van der Waals surface area contributed by atoms with Crippen LogP contribution in [0.15, 0.2) is 46.0 Å². The Labute approximate surface area is 162 Å². The van der Waals surface area contributed by atoms with Crippen molar-refractivity contribution in [2.45, 2.75) is 24.0 Å². The van der Waals surface area contributed by atoms with Crippen LogP contribution in [0, 0.1) is 12.8 Å². The number of nitrogens with zero attached hydrogens (tertiary/aromatic N) is 1.